The summed E-state index contributed by atoms with van der Waals surface area (Å²) in [7, 11) is 0. The van der Waals surface area contributed by atoms with E-state index in [-0.39, 0.29) is 0 Å². The smallest absolute Gasteiger partial charge is 0.225 e. The fraction of sp³-hybridized carbons (Fsp3) is 0.200. The van der Waals surface area contributed by atoms with Crippen molar-refractivity contribution in [2.24, 2.45) is 0 Å². The first-order valence-electron chi connectivity index (χ1n) is 6.60. The van der Waals surface area contributed by atoms with Crippen molar-refractivity contribution < 1.29 is 4.74 Å². The van der Waals surface area contributed by atoms with E-state index in [0.29, 0.717) is 11.8 Å². The molecular formula is C15H13BrClN3O. The minimum atomic E-state index is 0.391. The third-order valence-electron chi connectivity index (χ3n) is 3.30. The van der Waals surface area contributed by atoms with E-state index >= 15 is 0 Å². The molecule has 0 bridgehead atoms. The van der Waals surface area contributed by atoms with Crippen molar-refractivity contribution in [2.45, 2.75) is 19.9 Å². The summed E-state index contributed by atoms with van der Waals surface area (Å²) in [6.07, 6.45) is 4.65. The molecule has 0 saturated carbocycles. The van der Waals surface area contributed by atoms with E-state index in [2.05, 4.69) is 33.1 Å². The summed E-state index contributed by atoms with van der Waals surface area (Å²) < 4.78 is 8.84. The molecule has 0 N–H and O–H groups in total. The molecule has 0 saturated heterocycles. The van der Waals surface area contributed by atoms with Crippen molar-refractivity contribution in [1.82, 2.24) is 14.8 Å². The molecule has 6 heteroatoms. The fourth-order valence-corrected chi connectivity index (χ4v) is 2.69. The molecular weight excluding hydrogens is 354 g/mol. The van der Waals surface area contributed by atoms with E-state index in [1.807, 2.05) is 41.0 Å². The summed E-state index contributed by atoms with van der Waals surface area (Å²) in [5, 5.41) is 8.33. The second-order valence-corrected chi connectivity index (χ2v) is 5.79. The van der Waals surface area contributed by atoms with Gasteiger partial charge in [-0.05, 0) is 63.8 Å². The van der Waals surface area contributed by atoms with Crippen molar-refractivity contribution in [2.75, 3.05) is 0 Å². The standard InChI is InChI=1S/C15H13BrClN3O/c1-2-10-9-20-14(18-19-15(20)17)8-7-12(10)21-13-6-4-3-5-11(13)16/h3-8H,2,9H2,1H3. The lowest BCUT2D eigenvalue weighted by Gasteiger charge is -2.13. The quantitative estimate of drug-likeness (QED) is 0.805. The molecule has 108 valence electrons. The normalized spacial score (nSPS) is 14.0. The number of para-hydroxylation sites is 1. The van der Waals surface area contributed by atoms with Crippen LogP contribution in [0.4, 0.5) is 0 Å². The van der Waals surface area contributed by atoms with Gasteiger partial charge in [0.2, 0.25) is 5.28 Å². The van der Waals surface area contributed by atoms with E-state index in [4.69, 9.17) is 16.3 Å². The zero-order valence-electron chi connectivity index (χ0n) is 11.4. The van der Waals surface area contributed by atoms with Crippen LogP contribution >= 0.6 is 27.5 Å². The molecule has 1 aromatic carbocycles. The molecule has 1 aliphatic heterocycles. The van der Waals surface area contributed by atoms with Crippen LogP contribution in [0.2, 0.25) is 5.28 Å². The van der Waals surface area contributed by atoms with Gasteiger partial charge < -0.3 is 4.74 Å². The molecule has 0 radical (unpaired) electrons. The van der Waals surface area contributed by atoms with Gasteiger partial charge in [-0.1, -0.05) is 19.1 Å². The molecule has 0 aliphatic carbocycles. The number of fused-ring (bicyclic) bond motifs is 1. The highest BCUT2D eigenvalue weighted by atomic mass is 79.9. The van der Waals surface area contributed by atoms with E-state index < -0.39 is 0 Å². The molecule has 0 amide bonds. The summed E-state index contributed by atoms with van der Waals surface area (Å²) in [5.74, 6) is 2.34. The first-order valence-corrected chi connectivity index (χ1v) is 7.77. The molecule has 21 heavy (non-hydrogen) atoms. The number of aromatic nitrogens is 3. The number of nitrogens with zero attached hydrogens (tertiary/aromatic N) is 3. The van der Waals surface area contributed by atoms with Crippen LogP contribution in [0, 0.1) is 0 Å². The number of allylic oxidation sites excluding steroid dienone is 2. The van der Waals surface area contributed by atoms with Gasteiger partial charge >= 0.3 is 0 Å². The maximum absolute atomic E-state index is 6.07. The zero-order valence-corrected chi connectivity index (χ0v) is 13.7. The molecule has 2 aromatic rings. The lowest BCUT2D eigenvalue weighted by atomic mass is 10.1. The van der Waals surface area contributed by atoms with Crippen LogP contribution in [-0.4, -0.2) is 14.8 Å². The van der Waals surface area contributed by atoms with Gasteiger partial charge in [-0.3, -0.25) is 4.57 Å². The minimum Gasteiger partial charge on any atom is -0.456 e. The number of halogens is 2. The number of hydrogen-bond acceptors (Lipinski definition) is 3. The Bertz CT molecular complexity index is 736. The highest BCUT2D eigenvalue weighted by molar-refractivity contribution is 9.10. The number of hydrogen-bond donors (Lipinski definition) is 0. The predicted octanol–water partition coefficient (Wildman–Crippen LogP) is 4.46. The van der Waals surface area contributed by atoms with Gasteiger partial charge in [0.05, 0.1) is 11.0 Å². The molecule has 4 nitrogen and oxygen atoms in total. The SMILES string of the molecule is CCC1=C(Oc2ccccc2Br)C=Cc2nnc(Cl)n2C1. The van der Waals surface area contributed by atoms with Crippen LogP contribution in [0.25, 0.3) is 6.08 Å². The van der Waals surface area contributed by atoms with Crippen LogP contribution < -0.4 is 4.74 Å². The molecule has 0 unspecified atom stereocenters. The maximum atomic E-state index is 6.07. The van der Waals surface area contributed by atoms with Crippen LogP contribution in [0.3, 0.4) is 0 Å². The average molecular weight is 367 g/mol. The van der Waals surface area contributed by atoms with Gasteiger partial charge in [0.15, 0.2) is 5.82 Å². The van der Waals surface area contributed by atoms with Gasteiger partial charge in [0, 0.05) is 0 Å². The molecule has 1 aliphatic rings. The zero-order chi connectivity index (χ0) is 14.8. The lowest BCUT2D eigenvalue weighted by molar-refractivity contribution is 0.429. The summed E-state index contributed by atoms with van der Waals surface area (Å²) in [4.78, 5) is 0. The first-order chi connectivity index (χ1) is 10.2. The van der Waals surface area contributed by atoms with E-state index in [0.717, 1.165) is 33.8 Å². The monoisotopic (exact) mass is 365 g/mol. The van der Waals surface area contributed by atoms with E-state index in [9.17, 15) is 0 Å². The Kier molecular flexibility index (Phi) is 4.12. The van der Waals surface area contributed by atoms with Crippen molar-refractivity contribution in [3.05, 3.63) is 57.3 Å². The second-order valence-electron chi connectivity index (χ2n) is 4.60. The molecule has 0 atom stereocenters. The van der Waals surface area contributed by atoms with Crippen molar-refractivity contribution >= 4 is 33.6 Å². The van der Waals surface area contributed by atoms with Crippen molar-refractivity contribution in [3.63, 3.8) is 0 Å². The number of ether oxygens (including phenoxy) is 1. The Morgan fingerprint density at radius 3 is 2.86 bits per heavy atom. The topological polar surface area (TPSA) is 39.9 Å². The lowest BCUT2D eigenvalue weighted by Crippen LogP contribution is -2.05. The number of benzene rings is 1. The van der Waals surface area contributed by atoms with Gasteiger partial charge in [-0.15, -0.1) is 10.2 Å². The Morgan fingerprint density at radius 1 is 1.29 bits per heavy atom. The molecule has 0 spiro atoms. The predicted molar refractivity (Wildman–Crippen MR) is 86.2 cm³/mol. The summed E-state index contributed by atoms with van der Waals surface area (Å²) in [6.45, 7) is 2.72. The molecule has 1 aromatic heterocycles. The van der Waals surface area contributed by atoms with Crippen molar-refractivity contribution in [3.8, 4) is 5.75 Å². The Morgan fingerprint density at radius 2 is 2.10 bits per heavy atom. The maximum Gasteiger partial charge on any atom is 0.225 e. The third-order valence-corrected chi connectivity index (χ3v) is 4.23. The second kappa shape index (κ2) is 6.03. The van der Waals surface area contributed by atoms with Gasteiger partial charge in [-0.25, -0.2) is 0 Å². The minimum absolute atomic E-state index is 0.391. The van der Waals surface area contributed by atoms with Crippen LogP contribution in [0.15, 0.2) is 46.1 Å². The third kappa shape index (κ3) is 2.89. The van der Waals surface area contributed by atoms with E-state index in [1.54, 1.807) is 0 Å². The van der Waals surface area contributed by atoms with Gasteiger partial charge in [-0.2, -0.15) is 0 Å². The molecule has 0 fully saturated rings. The van der Waals surface area contributed by atoms with Crippen LogP contribution in [0.1, 0.15) is 19.2 Å². The fourth-order valence-electron chi connectivity index (χ4n) is 2.14. The Hall–Kier alpha value is -1.59. The van der Waals surface area contributed by atoms with Gasteiger partial charge in [0.1, 0.15) is 11.5 Å². The van der Waals surface area contributed by atoms with Crippen molar-refractivity contribution in [1.29, 1.82) is 0 Å². The molecule has 3 rings (SSSR count). The molecule has 2 heterocycles. The van der Waals surface area contributed by atoms with Crippen LogP contribution in [0.5, 0.6) is 5.75 Å². The Labute approximate surface area is 136 Å². The van der Waals surface area contributed by atoms with Gasteiger partial charge in [0.25, 0.3) is 0 Å². The average Bonchev–Trinajstić information content (AvgIpc) is 2.73. The summed E-state index contributed by atoms with van der Waals surface area (Å²) >= 11 is 9.57. The largest absolute Gasteiger partial charge is 0.456 e. The Balaban J connectivity index is 1.97. The highest BCUT2D eigenvalue weighted by Crippen LogP contribution is 2.29. The number of rotatable bonds is 3. The summed E-state index contributed by atoms with van der Waals surface area (Å²) in [5.41, 5.74) is 1.14. The van der Waals surface area contributed by atoms with E-state index in [1.165, 1.54) is 0 Å². The van der Waals surface area contributed by atoms with Crippen LogP contribution in [-0.2, 0) is 6.54 Å². The first kappa shape index (κ1) is 14.4. The highest BCUT2D eigenvalue weighted by Gasteiger charge is 2.16. The summed E-state index contributed by atoms with van der Waals surface area (Å²) in [6, 6.07) is 7.78.